The minimum absolute atomic E-state index is 0.349. The van der Waals surface area contributed by atoms with Gasteiger partial charge in [0.2, 0.25) is 5.90 Å². The first-order chi connectivity index (χ1) is 16.7. The van der Waals surface area contributed by atoms with E-state index in [4.69, 9.17) is 19.5 Å². The van der Waals surface area contributed by atoms with E-state index in [0.717, 1.165) is 63.8 Å². The zero-order valence-corrected chi connectivity index (χ0v) is 19.5. The molecule has 0 saturated carbocycles. The predicted molar refractivity (Wildman–Crippen MR) is 137 cm³/mol. The molecule has 170 valence electrons. The lowest BCUT2D eigenvalue weighted by Crippen LogP contribution is -2.27. The fourth-order valence-electron chi connectivity index (χ4n) is 4.89. The van der Waals surface area contributed by atoms with Crippen molar-refractivity contribution < 1.29 is 9.47 Å². The number of aliphatic imine (C=N–C) groups is 1. The third-order valence-electron chi connectivity index (χ3n) is 6.60. The molecule has 3 aromatic carbocycles. The van der Waals surface area contributed by atoms with E-state index in [-0.39, 0.29) is 6.17 Å². The third kappa shape index (κ3) is 3.10. The molecular formula is C28H26N4O2. The highest BCUT2D eigenvalue weighted by molar-refractivity contribution is 6.27. The second-order valence-electron chi connectivity index (χ2n) is 8.40. The molecule has 4 aromatic rings. The van der Waals surface area contributed by atoms with E-state index >= 15 is 0 Å². The number of methoxy groups -OCH3 is 1. The molecule has 6 nitrogen and oxygen atoms in total. The van der Waals surface area contributed by atoms with Gasteiger partial charge in [0.15, 0.2) is 6.17 Å². The summed E-state index contributed by atoms with van der Waals surface area (Å²) in [6, 6.07) is 22.5. The van der Waals surface area contributed by atoms with Crippen LogP contribution >= 0.6 is 0 Å². The van der Waals surface area contributed by atoms with Crippen molar-refractivity contribution in [3.8, 4) is 11.5 Å². The smallest absolute Gasteiger partial charge is 0.228 e. The van der Waals surface area contributed by atoms with E-state index in [1.165, 1.54) is 0 Å². The van der Waals surface area contributed by atoms with Gasteiger partial charge in [0, 0.05) is 36.0 Å². The number of hydrogen-bond acceptors (Lipinski definition) is 5. The summed E-state index contributed by atoms with van der Waals surface area (Å²) >= 11 is 0. The monoisotopic (exact) mass is 450 g/mol. The van der Waals surface area contributed by atoms with E-state index < -0.39 is 0 Å². The minimum atomic E-state index is -0.349. The summed E-state index contributed by atoms with van der Waals surface area (Å²) in [5, 5.41) is 0. The van der Waals surface area contributed by atoms with Crippen LogP contribution in [0.25, 0.3) is 22.7 Å². The van der Waals surface area contributed by atoms with Crippen LogP contribution in [-0.4, -0.2) is 35.6 Å². The number of para-hydroxylation sites is 3. The summed E-state index contributed by atoms with van der Waals surface area (Å²) in [7, 11) is 1.69. The van der Waals surface area contributed by atoms with Gasteiger partial charge in [0.1, 0.15) is 17.3 Å². The maximum absolute atomic E-state index is 6.45. The Morgan fingerprint density at radius 2 is 1.79 bits per heavy atom. The van der Waals surface area contributed by atoms with Crippen LogP contribution in [0.1, 0.15) is 37.0 Å². The first kappa shape index (κ1) is 20.5. The molecule has 1 atom stereocenters. The summed E-state index contributed by atoms with van der Waals surface area (Å²) in [6.45, 7) is 6.21. The zero-order chi connectivity index (χ0) is 23.2. The average Bonchev–Trinajstić information content (AvgIpc) is 3.28. The molecule has 0 amide bonds. The third-order valence-corrected chi connectivity index (χ3v) is 6.60. The second kappa shape index (κ2) is 8.06. The summed E-state index contributed by atoms with van der Waals surface area (Å²) in [5.41, 5.74) is 5.99. The summed E-state index contributed by atoms with van der Waals surface area (Å²) < 4.78 is 14.3. The largest absolute Gasteiger partial charge is 0.496 e. The molecule has 3 heterocycles. The van der Waals surface area contributed by atoms with Gasteiger partial charge in [-0.1, -0.05) is 30.3 Å². The van der Waals surface area contributed by atoms with Crippen molar-refractivity contribution in [3.05, 3.63) is 83.7 Å². The van der Waals surface area contributed by atoms with Crippen LogP contribution in [0.5, 0.6) is 11.5 Å². The fourth-order valence-corrected chi connectivity index (χ4v) is 4.89. The van der Waals surface area contributed by atoms with Crippen molar-refractivity contribution in [3.63, 3.8) is 0 Å². The van der Waals surface area contributed by atoms with Crippen molar-refractivity contribution in [1.82, 2.24) is 9.55 Å². The Hall–Kier alpha value is -4.06. The van der Waals surface area contributed by atoms with Gasteiger partial charge in [-0.3, -0.25) is 4.57 Å². The standard InChI is InChI=1S/C28H26N4O2/c1-4-31(5-2)19-15-14-18-16-21-27-29-22-11-7-8-12-23(22)32(27)26(30-28(21)34-25(18)17-19)20-10-6-9-13-24(20)33-3/h6-17,26H,4-5H2,1-3H3. The molecular weight excluding hydrogens is 424 g/mol. The first-order valence-corrected chi connectivity index (χ1v) is 11.7. The highest BCUT2D eigenvalue weighted by Crippen LogP contribution is 2.42. The molecule has 1 unspecified atom stereocenters. The Balaban J connectivity index is 1.56. The van der Waals surface area contributed by atoms with Gasteiger partial charge < -0.3 is 14.4 Å². The Labute approximate surface area is 198 Å². The number of ether oxygens (including phenoxy) is 2. The summed E-state index contributed by atoms with van der Waals surface area (Å²) in [5.74, 6) is 3.03. The number of hydrogen-bond donors (Lipinski definition) is 0. The van der Waals surface area contributed by atoms with Crippen molar-refractivity contribution in [2.45, 2.75) is 20.0 Å². The van der Waals surface area contributed by atoms with Crippen LogP contribution in [-0.2, 0) is 0 Å². The maximum Gasteiger partial charge on any atom is 0.228 e. The molecule has 34 heavy (non-hydrogen) atoms. The Kier molecular flexibility index (Phi) is 4.87. The van der Waals surface area contributed by atoms with Gasteiger partial charge in [-0.25, -0.2) is 9.98 Å². The fraction of sp³-hybridized carbons (Fsp3) is 0.214. The average molecular weight is 451 g/mol. The van der Waals surface area contributed by atoms with Crippen molar-refractivity contribution in [1.29, 1.82) is 0 Å². The van der Waals surface area contributed by atoms with Gasteiger partial charge in [0.05, 0.1) is 23.7 Å². The molecule has 2 aliphatic heterocycles. The highest BCUT2D eigenvalue weighted by Gasteiger charge is 2.34. The lowest BCUT2D eigenvalue weighted by Gasteiger charge is -2.30. The molecule has 2 aliphatic rings. The minimum Gasteiger partial charge on any atom is -0.496 e. The topological polar surface area (TPSA) is 51.9 Å². The molecule has 0 N–H and O–H groups in total. The van der Waals surface area contributed by atoms with Gasteiger partial charge in [-0.15, -0.1) is 0 Å². The lowest BCUT2D eigenvalue weighted by molar-refractivity contribution is 0.401. The Bertz CT molecular complexity index is 1460. The van der Waals surface area contributed by atoms with Crippen molar-refractivity contribution >= 4 is 34.3 Å². The quantitative estimate of drug-likeness (QED) is 0.387. The van der Waals surface area contributed by atoms with E-state index in [1.54, 1.807) is 7.11 Å². The Morgan fingerprint density at radius 1 is 1.00 bits per heavy atom. The molecule has 0 radical (unpaired) electrons. The van der Waals surface area contributed by atoms with E-state index in [0.29, 0.717) is 5.90 Å². The van der Waals surface area contributed by atoms with E-state index in [1.807, 2.05) is 36.4 Å². The summed E-state index contributed by atoms with van der Waals surface area (Å²) in [6.07, 6.45) is 1.79. The molecule has 6 rings (SSSR count). The highest BCUT2D eigenvalue weighted by atomic mass is 16.5. The Morgan fingerprint density at radius 3 is 2.62 bits per heavy atom. The van der Waals surface area contributed by atoms with Crippen molar-refractivity contribution in [2.24, 2.45) is 4.99 Å². The van der Waals surface area contributed by atoms with E-state index in [2.05, 4.69) is 59.7 Å². The molecule has 1 aromatic heterocycles. The number of anilines is 1. The number of fused-ring (bicyclic) bond motifs is 6. The maximum atomic E-state index is 6.45. The number of nitrogens with zero attached hydrogens (tertiary/aromatic N) is 4. The predicted octanol–water partition coefficient (Wildman–Crippen LogP) is 5.78. The van der Waals surface area contributed by atoms with Crippen LogP contribution in [0.3, 0.4) is 0 Å². The molecule has 0 saturated heterocycles. The van der Waals surface area contributed by atoms with Gasteiger partial charge >= 0.3 is 0 Å². The normalized spacial score (nSPS) is 16.0. The molecule has 0 bridgehead atoms. The second-order valence-corrected chi connectivity index (χ2v) is 8.40. The van der Waals surface area contributed by atoms with Gasteiger partial charge in [-0.05, 0) is 50.3 Å². The molecule has 0 aliphatic carbocycles. The van der Waals surface area contributed by atoms with E-state index in [9.17, 15) is 0 Å². The van der Waals surface area contributed by atoms with Crippen molar-refractivity contribution in [2.75, 3.05) is 25.1 Å². The number of aromatic nitrogens is 2. The lowest BCUT2D eigenvalue weighted by atomic mass is 10.0. The molecule has 6 heteroatoms. The van der Waals surface area contributed by atoms with Gasteiger partial charge in [0.25, 0.3) is 0 Å². The van der Waals surface area contributed by atoms with Gasteiger partial charge in [-0.2, -0.15) is 0 Å². The summed E-state index contributed by atoms with van der Waals surface area (Å²) in [4.78, 5) is 12.4. The number of rotatable bonds is 5. The van der Waals surface area contributed by atoms with Crippen LogP contribution in [0.15, 0.2) is 71.7 Å². The van der Waals surface area contributed by atoms with Crippen LogP contribution in [0, 0.1) is 0 Å². The molecule has 0 fully saturated rings. The SMILES string of the molecule is CCN(CC)c1ccc2c(c1)OC1=NC(c3ccccc3OC)n3c(nc4ccccc43)C1=C2. The number of imidazole rings is 1. The van der Waals surface area contributed by atoms with Crippen LogP contribution < -0.4 is 14.4 Å². The zero-order valence-electron chi connectivity index (χ0n) is 19.5. The van der Waals surface area contributed by atoms with Crippen LogP contribution in [0.2, 0.25) is 0 Å². The van der Waals surface area contributed by atoms with Crippen LogP contribution in [0.4, 0.5) is 5.69 Å². The molecule has 0 spiro atoms. The number of benzene rings is 3. The first-order valence-electron chi connectivity index (χ1n) is 11.7.